The van der Waals surface area contributed by atoms with Crippen LogP contribution in [0.5, 0.6) is 0 Å². The highest BCUT2D eigenvalue weighted by molar-refractivity contribution is 4.98. The Bertz CT molecular complexity index is 157. The molecule has 0 aromatic rings. The Morgan fingerprint density at radius 2 is 2.08 bits per heavy atom. The van der Waals surface area contributed by atoms with Crippen molar-refractivity contribution in [3.05, 3.63) is 12.2 Å². The van der Waals surface area contributed by atoms with Gasteiger partial charge in [0.25, 0.3) is 0 Å². The quantitative estimate of drug-likeness (QED) is 0.643. The minimum atomic E-state index is 0.690. The fourth-order valence-corrected chi connectivity index (χ4v) is 2.32. The van der Waals surface area contributed by atoms with Gasteiger partial charge in [-0.15, -0.1) is 0 Å². The maximum Gasteiger partial charge on any atom is 0.0129 e. The van der Waals surface area contributed by atoms with Crippen molar-refractivity contribution in [1.29, 1.82) is 0 Å². The van der Waals surface area contributed by atoms with Crippen LogP contribution in [0, 0.1) is 5.92 Å². The van der Waals surface area contributed by atoms with Gasteiger partial charge in [0.1, 0.15) is 0 Å². The lowest BCUT2D eigenvalue weighted by Gasteiger charge is -2.23. The average Bonchev–Trinajstić information content (AvgIpc) is 2.66. The SMILES string of the molecule is C=C(CC)CC(NC)C1CCCC1. The second-order valence-electron chi connectivity index (χ2n) is 4.25. The predicted octanol–water partition coefficient (Wildman–Crippen LogP) is 3.12. The highest BCUT2D eigenvalue weighted by Crippen LogP contribution is 2.30. The molecule has 0 aromatic carbocycles. The second kappa shape index (κ2) is 5.43. The van der Waals surface area contributed by atoms with Crippen molar-refractivity contribution in [2.24, 2.45) is 5.92 Å². The number of hydrogen-bond acceptors (Lipinski definition) is 1. The van der Waals surface area contributed by atoms with Crippen LogP contribution in [0.15, 0.2) is 12.2 Å². The smallest absolute Gasteiger partial charge is 0.0129 e. The fraction of sp³-hybridized carbons (Fsp3) is 0.833. The largest absolute Gasteiger partial charge is 0.316 e. The zero-order valence-corrected chi connectivity index (χ0v) is 9.10. The first kappa shape index (κ1) is 10.8. The van der Waals surface area contributed by atoms with Gasteiger partial charge in [0, 0.05) is 6.04 Å². The van der Waals surface area contributed by atoms with E-state index in [0.717, 1.165) is 12.3 Å². The highest BCUT2D eigenvalue weighted by atomic mass is 14.9. The van der Waals surface area contributed by atoms with E-state index in [9.17, 15) is 0 Å². The summed E-state index contributed by atoms with van der Waals surface area (Å²) in [6, 6.07) is 0.690. The number of nitrogens with one attached hydrogen (secondary N) is 1. The van der Waals surface area contributed by atoms with E-state index in [1.165, 1.54) is 37.7 Å². The van der Waals surface area contributed by atoms with Crippen molar-refractivity contribution >= 4 is 0 Å². The molecule has 1 saturated carbocycles. The van der Waals surface area contributed by atoms with Crippen LogP contribution in [0.2, 0.25) is 0 Å². The van der Waals surface area contributed by atoms with Gasteiger partial charge in [-0.2, -0.15) is 0 Å². The molecule has 1 nitrogen and oxygen atoms in total. The Morgan fingerprint density at radius 3 is 2.54 bits per heavy atom. The van der Waals surface area contributed by atoms with E-state index in [0.29, 0.717) is 6.04 Å². The first-order valence-corrected chi connectivity index (χ1v) is 5.61. The topological polar surface area (TPSA) is 12.0 Å². The first-order valence-electron chi connectivity index (χ1n) is 5.61. The summed E-state index contributed by atoms with van der Waals surface area (Å²) >= 11 is 0. The maximum absolute atomic E-state index is 4.09. The van der Waals surface area contributed by atoms with Gasteiger partial charge in [-0.05, 0) is 38.6 Å². The molecule has 0 heterocycles. The van der Waals surface area contributed by atoms with Crippen LogP contribution < -0.4 is 5.32 Å². The molecule has 0 amide bonds. The number of hydrogen-bond donors (Lipinski definition) is 1. The molecule has 0 radical (unpaired) electrons. The van der Waals surface area contributed by atoms with Crippen molar-refractivity contribution in [2.75, 3.05) is 7.05 Å². The van der Waals surface area contributed by atoms with Crippen LogP contribution in [-0.2, 0) is 0 Å². The summed E-state index contributed by atoms with van der Waals surface area (Å²) in [5.74, 6) is 0.910. The lowest BCUT2D eigenvalue weighted by atomic mass is 9.92. The van der Waals surface area contributed by atoms with E-state index < -0.39 is 0 Å². The predicted molar refractivity (Wildman–Crippen MR) is 58.9 cm³/mol. The van der Waals surface area contributed by atoms with Gasteiger partial charge >= 0.3 is 0 Å². The summed E-state index contributed by atoms with van der Waals surface area (Å²) in [6.45, 7) is 6.29. The van der Waals surface area contributed by atoms with Gasteiger partial charge in [0.15, 0.2) is 0 Å². The monoisotopic (exact) mass is 181 g/mol. The molecular weight excluding hydrogens is 158 g/mol. The van der Waals surface area contributed by atoms with Gasteiger partial charge in [-0.1, -0.05) is 31.9 Å². The summed E-state index contributed by atoms with van der Waals surface area (Å²) in [7, 11) is 2.09. The molecule has 1 aliphatic carbocycles. The first-order chi connectivity index (χ1) is 6.27. The minimum Gasteiger partial charge on any atom is -0.316 e. The molecule has 13 heavy (non-hydrogen) atoms. The van der Waals surface area contributed by atoms with Crippen LogP contribution in [-0.4, -0.2) is 13.1 Å². The van der Waals surface area contributed by atoms with Gasteiger partial charge in [-0.25, -0.2) is 0 Å². The molecule has 76 valence electrons. The van der Waals surface area contributed by atoms with Crippen LogP contribution >= 0.6 is 0 Å². The van der Waals surface area contributed by atoms with Crippen molar-refractivity contribution in [3.63, 3.8) is 0 Å². The van der Waals surface area contributed by atoms with Crippen LogP contribution in [0.3, 0.4) is 0 Å². The van der Waals surface area contributed by atoms with Crippen molar-refractivity contribution in [3.8, 4) is 0 Å². The van der Waals surface area contributed by atoms with E-state index in [1.54, 1.807) is 0 Å². The fourth-order valence-electron chi connectivity index (χ4n) is 2.32. The summed E-state index contributed by atoms with van der Waals surface area (Å²) in [5.41, 5.74) is 1.39. The Hall–Kier alpha value is -0.300. The third kappa shape index (κ3) is 3.15. The van der Waals surface area contributed by atoms with Crippen LogP contribution in [0.1, 0.15) is 45.4 Å². The Balaban J connectivity index is 2.37. The lowest BCUT2D eigenvalue weighted by Crippen LogP contribution is -2.32. The van der Waals surface area contributed by atoms with Crippen LogP contribution in [0.4, 0.5) is 0 Å². The van der Waals surface area contributed by atoms with Gasteiger partial charge in [0.2, 0.25) is 0 Å². The molecule has 0 aliphatic heterocycles. The molecule has 0 spiro atoms. The zero-order chi connectivity index (χ0) is 9.68. The average molecular weight is 181 g/mol. The van der Waals surface area contributed by atoms with E-state index in [4.69, 9.17) is 0 Å². The minimum absolute atomic E-state index is 0.690. The molecule has 0 saturated heterocycles. The Labute approximate surface area is 82.6 Å². The summed E-state index contributed by atoms with van der Waals surface area (Å²) in [4.78, 5) is 0. The molecule has 1 atom stereocenters. The highest BCUT2D eigenvalue weighted by Gasteiger charge is 2.23. The Morgan fingerprint density at radius 1 is 1.46 bits per heavy atom. The van der Waals surface area contributed by atoms with E-state index in [-0.39, 0.29) is 0 Å². The molecule has 0 bridgehead atoms. The van der Waals surface area contributed by atoms with E-state index in [2.05, 4.69) is 25.9 Å². The third-order valence-electron chi connectivity index (χ3n) is 3.35. The summed E-state index contributed by atoms with van der Waals surface area (Å²) in [5, 5.41) is 3.45. The molecule has 1 fully saturated rings. The third-order valence-corrected chi connectivity index (χ3v) is 3.35. The van der Waals surface area contributed by atoms with Crippen molar-refractivity contribution in [1.82, 2.24) is 5.32 Å². The molecule has 0 aromatic heterocycles. The second-order valence-corrected chi connectivity index (χ2v) is 4.25. The molecule has 1 unspecified atom stereocenters. The van der Waals surface area contributed by atoms with Crippen molar-refractivity contribution < 1.29 is 0 Å². The standard InChI is InChI=1S/C12H23N/c1-4-10(2)9-12(13-3)11-7-5-6-8-11/h11-13H,2,4-9H2,1,3H3. The van der Waals surface area contributed by atoms with Gasteiger partial charge < -0.3 is 5.32 Å². The van der Waals surface area contributed by atoms with Gasteiger partial charge in [0.05, 0.1) is 0 Å². The summed E-state index contributed by atoms with van der Waals surface area (Å²) < 4.78 is 0. The summed E-state index contributed by atoms with van der Waals surface area (Å²) in [6.07, 6.45) is 8.01. The molecular formula is C12H23N. The molecule has 1 N–H and O–H groups in total. The normalized spacial score (nSPS) is 20.5. The Kier molecular flexibility index (Phi) is 4.51. The van der Waals surface area contributed by atoms with E-state index in [1.807, 2.05) is 0 Å². The molecule has 1 rings (SSSR count). The van der Waals surface area contributed by atoms with E-state index >= 15 is 0 Å². The molecule has 1 aliphatic rings. The van der Waals surface area contributed by atoms with Crippen LogP contribution in [0.25, 0.3) is 0 Å². The zero-order valence-electron chi connectivity index (χ0n) is 9.10. The lowest BCUT2D eigenvalue weighted by molar-refractivity contribution is 0.375. The molecule has 1 heteroatoms. The van der Waals surface area contributed by atoms with Crippen molar-refractivity contribution in [2.45, 2.75) is 51.5 Å². The maximum atomic E-state index is 4.09. The number of rotatable bonds is 5. The van der Waals surface area contributed by atoms with Gasteiger partial charge in [-0.3, -0.25) is 0 Å².